The van der Waals surface area contributed by atoms with E-state index in [-0.39, 0.29) is 29.1 Å². The van der Waals surface area contributed by atoms with Crippen LogP contribution in [0.4, 0.5) is 0 Å². The van der Waals surface area contributed by atoms with E-state index in [0.29, 0.717) is 37.1 Å². The molecular weight excluding hydrogens is 360 g/mol. The number of pyridine rings is 1. The number of hydrogen-bond acceptors (Lipinski definition) is 5. The van der Waals surface area contributed by atoms with Gasteiger partial charge in [0.25, 0.3) is 11.8 Å². The molecule has 2 aromatic rings. The zero-order chi connectivity index (χ0) is 20.1. The minimum absolute atomic E-state index is 0.0196. The summed E-state index contributed by atoms with van der Waals surface area (Å²) >= 11 is 0. The fourth-order valence-electron chi connectivity index (χ4n) is 3.01. The Bertz CT molecular complexity index is 924. The van der Waals surface area contributed by atoms with Crippen LogP contribution in [-0.2, 0) is 0 Å². The highest BCUT2D eigenvalue weighted by molar-refractivity contribution is 5.95. The molecule has 0 unspecified atom stereocenters. The lowest BCUT2D eigenvalue weighted by Gasteiger charge is -2.32. The van der Waals surface area contributed by atoms with Gasteiger partial charge in [-0.05, 0) is 49.2 Å². The van der Waals surface area contributed by atoms with Crippen LogP contribution in [0.1, 0.15) is 49.6 Å². The Labute approximate surface area is 161 Å². The normalized spacial score (nSPS) is 14.2. The van der Waals surface area contributed by atoms with Crippen molar-refractivity contribution in [2.75, 3.05) is 13.1 Å². The summed E-state index contributed by atoms with van der Waals surface area (Å²) in [6, 6.07) is 11.2. The molecule has 3 rings (SSSR count). The number of aromatic carboxylic acids is 1. The fourth-order valence-corrected chi connectivity index (χ4v) is 3.01. The first kappa shape index (κ1) is 19.0. The van der Waals surface area contributed by atoms with Gasteiger partial charge in [-0.1, -0.05) is 0 Å². The Morgan fingerprint density at radius 2 is 1.71 bits per heavy atom. The number of piperidine rings is 1. The van der Waals surface area contributed by atoms with Gasteiger partial charge in [-0.25, -0.2) is 4.79 Å². The highest BCUT2D eigenvalue weighted by Crippen LogP contribution is 2.15. The number of aromatic nitrogens is 1. The van der Waals surface area contributed by atoms with Gasteiger partial charge in [0, 0.05) is 30.9 Å². The van der Waals surface area contributed by atoms with Gasteiger partial charge in [-0.15, -0.1) is 0 Å². The number of nitrogens with one attached hydrogen (secondary N) is 1. The SMILES string of the molecule is N#Cc1ccc(C(=O)N2CCC(NC(=O)c3ccc(C(=O)O)cn3)CC2)cc1. The number of carbonyl (C=O) groups excluding carboxylic acids is 2. The van der Waals surface area contributed by atoms with Crippen molar-refractivity contribution in [1.82, 2.24) is 15.2 Å². The Balaban J connectivity index is 1.53. The summed E-state index contributed by atoms with van der Waals surface area (Å²) in [6.07, 6.45) is 2.37. The lowest BCUT2D eigenvalue weighted by Crippen LogP contribution is -2.46. The van der Waals surface area contributed by atoms with Crippen molar-refractivity contribution in [2.24, 2.45) is 0 Å². The number of rotatable bonds is 4. The average molecular weight is 378 g/mol. The Morgan fingerprint density at radius 1 is 1.07 bits per heavy atom. The molecule has 8 heteroatoms. The summed E-state index contributed by atoms with van der Waals surface area (Å²) in [5.41, 5.74) is 1.21. The molecule has 28 heavy (non-hydrogen) atoms. The highest BCUT2D eigenvalue weighted by atomic mass is 16.4. The lowest BCUT2D eigenvalue weighted by molar-refractivity contribution is 0.0684. The summed E-state index contributed by atoms with van der Waals surface area (Å²) in [4.78, 5) is 41.2. The van der Waals surface area contributed by atoms with Gasteiger partial charge in [-0.3, -0.25) is 14.6 Å². The number of carboxylic acids is 1. The van der Waals surface area contributed by atoms with Crippen molar-refractivity contribution in [3.63, 3.8) is 0 Å². The van der Waals surface area contributed by atoms with Crippen LogP contribution in [0.15, 0.2) is 42.6 Å². The van der Waals surface area contributed by atoms with Crippen LogP contribution in [0.3, 0.4) is 0 Å². The molecule has 1 aliphatic rings. The average Bonchev–Trinajstić information content (AvgIpc) is 2.74. The van der Waals surface area contributed by atoms with Crippen molar-refractivity contribution in [3.8, 4) is 6.07 Å². The quantitative estimate of drug-likeness (QED) is 0.834. The Morgan fingerprint density at radius 3 is 2.25 bits per heavy atom. The number of benzene rings is 1. The van der Waals surface area contributed by atoms with Crippen molar-refractivity contribution < 1.29 is 19.5 Å². The molecule has 0 atom stereocenters. The molecule has 1 aromatic heterocycles. The van der Waals surface area contributed by atoms with E-state index < -0.39 is 5.97 Å². The molecule has 1 saturated heterocycles. The third-order valence-electron chi connectivity index (χ3n) is 4.62. The number of carbonyl (C=O) groups is 3. The molecule has 1 fully saturated rings. The van der Waals surface area contributed by atoms with Crippen LogP contribution in [0, 0.1) is 11.3 Å². The van der Waals surface area contributed by atoms with Crippen molar-refractivity contribution >= 4 is 17.8 Å². The maximum absolute atomic E-state index is 12.5. The minimum atomic E-state index is -1.10. The maximum atomic E-state index is 12.5. The molecule has 2 amide bonds. The van der Waals surface area contributed by atoms with Crippen LogP contribution in [0.5, 0.6) is 0 Å². The van der Waals surface area contributed by atoms with E-state index >= 15 is 0 Å². The van der Waals surface area contributed by atoms with Crippen molar-refractivity contribution in [3.05, 3.63) is 65.0 Å². The van der Waals surface area contributed by atoms with Gasteiger partial charge >= 0.3 is 5.97 Å². The maximum Gasteiger partial charge on any atom is 0.337 e. The monoisotopic (exact) mass is 378 g/mol. The van der Waals surface area contributed by atoms with Crippen molar-refractivity contribution in [2.45, 2.75) is 18.9 Å². The third-order valence-corrected chi connectivity index (χ3v) is 4.62. The van der Waals surface area contributed by atoms with Gasteiger partial charge in [0.15, 0.2) is 0 Å². The van der Waals surface area contributed by atoms with Gasteiger partial charge in [0.05, 0.1) is 17.2 Å². The molecule has 8 nitrogen and oxygen atoms in total. The lowest BCUT2D eigenvalue weighted by atomic mass is 10.0. The van der Waals surface area contributed by atoms with E-state index in [1.54, 1.807) is 29.2 Å². The molecule has 0 bridgehead atoms. The largest absolute Gasteiger partial charge is 0.478 e. The number of hydrogen-bond donors (Lipinski definition) is 2. The molecule has 142 valence electrons. The zero-order valence-corrected chi connectivity index (χ0v) is 15.0. The van der Waals surface area contributed by atoms with E-state index in [4.69, 9.17) is 10.4 Å². The first-order chi connectivity index (χ1) is 13.5. The molecule has 1 aliphatic heterocycles. The molecule has 0 spiro atoms. The van der Waals surface area contributed by atoms with Gasteiger partial charge in [0.1, 0.15) is 5.69 Å². The zero-order valence-electron chi connectivity index (χ0n) is 15.0. The van der Waals surface area contributed by atoms with E-state index in [2.05, 4.69) is 10.3 Å². The number of carboxylic acid groups (broad SMARTS) is 1. The predicted molar refractivity (Wildman–Crippen MR) is 98.7 cm³/mol. The van der Waals surface area contributed by atoms with Crippen LogP contribution in [0.2, 0.25) is 0 Å². The molecule has 1 aromatic carbocycles. The van der Waals surface area contributed by atoms with Gasteiger partial charge < -0.3 is 15.3 Å². The molecule has 0 saturated carbocycles. The summed E-state index contributed by atoms with van der Waals surface area (Å²) in [7, 11) is 0. The van der Waals surface area contributed by atoms with Gasteiger partial charge in [0.2, 0.25) is 0 Å². The summed E-state index contributed by atoms with van der Waals surface area (Å²) < 4.78 is 0. The van der Waals surface area contributed by atoms with E-state index in [1.807, 2.05) is 6.07 Å². The fraction of sp³-hybridized carbons (Fsp3) is 0.250. The van der Waals surface area contributed by atoms with Crippen LogP contribution < -0.4 is 5.32 Å². The molecule has 2 heterocycles. The van der Waals surface area contributed by atoms with E-state index in [9.17, 15) is 14.4 Å². The second kappa shape index (κ2) is 8.31. The van der Waals surface area contributed by atoms with Crippen LogP contribution >= 0.6 is 0 Å². The highest BCUT2D eigenvalue weighted by Gasteiger charge is 2.25. The number of nitrogens with zero attached hydrogens (tertiary/aromatic N) is 3. The topological polar surface area (TPSA) is 123 Å². The number of likely N-dealkylation sites (tertiary alicyclic amines) is 1. The number of nitriles is 1. The van der Waals surface area contributed by atoms with E-state index in [0.717, 1.165) is 6.20 Å². The Hall–Kier alpha value is -3.73. The molecule has 0 radical (unpaired) electrons. The first-order valence-corrected chi connectivity index (χ1v) is 8.77. The first-order valence-electron chi connectivity index (χ1n) is 8.77. The molecule has 0 aliphatic carbocycles. The summed E-state index contributed by atoms with van der Waals surface area (Å²) in [5.74, 6) is -1.56. The van der Waals surface area contributed by atoms with Crippen molar-refractivity contribution in [1.29, 1.82) is 5.26 Å². The Kier molecular flexibility index (Phi) is 5.65. The van der Waals surface area contributed by atoms with Crippen LogP contribution in [0.25, 0.3) is 0 Å². The minimum Gasteiger partial charge on any atom is -0.478 e. The third kappa shape index (κ3) is 4.32. The number of amides is 2. The summed E-state index contributed by atoms with van der Waals surface area (Å²) in [6.45, 7) is 1.02. The summed E-state index contributed by atoms with van der Waals surface area (Å²) in [5, 5.41) is 20.6. The van der Waals surface area contributed by atoms with Crippen LogP contribution in [-0.4, -0.2) is 51.9 Å². The van der Waals surface area contributed by atoms with E-state index in [1.165, 1.54) is 12.1 Å². The second-order valence-corrected chi connectivity index (χ2v) is 6.47. The molecular formula is C20H18N4O4. The predicted octanol–water partition coefficient (Wildman–Crippen LogP) is 1.69. The van der Waals surface area contributed by atoms with Gasteiger partial charge in [-0.2, -0.15) is 5.26 Å². The molecule has 2 N–H and O–H groups in total. The second-order valence-electron chi connectivity index (χ2n) is 6.47. The standard InChI is InChI=1S/C20H18N4O4/c21-11-13-1-3-14(4-2-13)19(26)24-9-7-16(8-10-24)23-18(25)17-6-5-15(12-22-17)20(27)28/h1-6,12,16H,7-10H2,(H,23,25)(H,27,28). The smallest absolute Gasteiger partial charge is 0.337 e.